The molecule has 0 aliphatic carbocycles. The second kappa shape index (κ2) is 10.3. The van der Waals surface area contributed by atoms with Crippen molar-refractivity contribution in [2.45, 2.75) is 50.0 Å². The molecule has 0 bridgehead atoms. The number of carboxylic acid groups (broad SMARTS) is 1. The van der Waals surface area contributed by atoms with E-state index in [9.17, 15) is 26.4 Å². The molecule has 186 valence electrons. The molecule has 0 amide bonds. The predicted molar refractivity (Wildman–Crippen MR) is 119 cm³/mol. The first-order valence-electron chi connectivity index (χ1n) is 10.8. The van der Waals surface area contributed by atoms with Gasteiger partial charge in [0.05, 0.1) is 11.3 Å². The fourth-order valence-electron chi connectivity index (χ4n) is 4.33. The van der Waals surface area contributed by atoms with Gasteiger partial charge >= 0.3 is 12.3 Å². The number of aliphatic carboxylic acids is 1. The summed E-state index contributed by atoms with van der Waals surface area (Å²) in [5.74, 6) is -1.31. The largest absolute Gasteiger partial charge is 0.573 e. The number of sulfonamides is 1. The summed E-state index contributed by atoms with van der Waals surface area (Å²) in [6, 6.07) is 11.1. The van der Waals surface area contributed by atoms with E-state index in [1.807, 2.05) is 13.8 Å². The molecule has 3 rings (SSSR count). The standard InChI is InChI=1S/C23H27F3N2O5S/c1-16-14-27(11-10-18-6-8-20(9-7-18)33-23(24,25)26)15-17(2)28(16)34(31,32)21-5-3-4-19(12-21)13-22(29)30/h3-9,12,16-17H,10-11,13-15H2,1-2H3,(H,29,30). The number of rotatable bonds is 8. The Morgan fingerprint density at radius 1 is 1.06 bits per heavy atom. The highest BCUT2D eigenvalue weighted by Crippen LogP contribution is 2.27. The number of alkyl halides is 3. The van der Waals surface area contributed by atoms with E-state index in [-0.39, 0.29) is 29.1 Å². The number of halogens is 3. The lowest BCUT2D eigenvalue weighted by Crippen LogP contribution is -2.58. The third kappa shape index (κ3) is 6.71. The van der Waals surface area contributed by atoms with Crippen molar-refractivity contribution in [3.05, 3.63) is 59.7 Å². The zero-order valence-electron chi connectivity index (χ0n) is 18.8. The molecule has 11 heteroatoms. The number of hydrogen-bond donors (Lipinski definition) is 1. The summed E-state index contributed by atoms with van der Waals surface area (Å²) in [5.41, 5.74) is 1.26. The third-order valence-corrected chi connectivity index (χ3v) is 7.74. The van der Waals surface area contributed by atoms with Crippen molar-refractivity contribution < 1.29 is 36.2 Å². The van der Waals surface area contributed by atoms with Crippen LogP contribution in [0.15, 0.2) is 53.4 Å². The summed E-state index contributed by atoms with van der Waals surface area (Å²) >= 11 is 0. The van der Waals surface area contributed by atoms with Crippen molar-refractivity contribution in [3.63, 3.8) is 0 Å². The molecule has 2 aromatic carbocycles. The van der Waals surface area contributed by atoms with Crippen LogP contribution in [0.4, 0.5) is 13.2 Å². The highest BCUT2D eigenvalue weighted by atomic mass is 32.2. The van der Waals surface area contributed by atoms with E-state index < -0.39 is 22.4 Å². The van der Waals surface area contributed by atoms with Crippen molar-refractivity contribution in [2.24, 2.45) is 0 Å². The third-order valence-electron chi connectivity index (χ3n) is 5.62. The minimum absolute atomic E-state index is 0.0690. The minimum atomic E-state index is -4.73. The normalized spacial score (nSPS) is 20.3. The minimum Gasteiger partial charge on any atom is -0.481 e. The summed E-state index contributed by atoms with van der Waals surface area (Å²) in [5, 5.41) is 9.00. The number of piperazine rings is 1. The summed E-state index contributed by atoms with van der Waals surface area (Å²) in [4.78, 5) is 13.2. The molecule has 1 N–H and O–H groups in total. The summed E-state index contributed by atoms with van der Waals surface area (Å²) in [7, 11) is -3.82. The summed E-state index contributed by atoms with van der Waals surface area (Å²) < 4.78 is 68.9. The number of benzene rings is 2. The second-order valence-electron chi connectivity index (χ2n) is 8.45. The average Bonchev–Trinajstić information content (AvgIpc) is 2.71. The van der Waals surface area contributed by atoms with Crippen molar-refractivity contribution in [3.8, 4) is 5.75 Å². The van der Waals surface area contributed by atoms with E-state index in [1.54, 1.807) is 24.3 Å². The number of nitrogens with zero attached hydrogens (tertiary/aromatic N) is 2. The maximum atomic E-state index is 13.3. The van der Waals surface area contributed by atoms with Crippen LogP contribution in [0.5, 0.6) is 5.75 Å². The van der Waals surface area contributed by atoms with Gasteiger partial charge < -0.3 is 9.84 Å². The van der Waals surface area contributed by atoms with Crippen LogP contribution in [0.3, 0.4) is 0 Å². The first-order chi connectivity index (χ1) is 15.8. The van der Waals surface area contributed by atoms with E-state index in [0.717, 1.165) is 5.56 Å². The molecule has 0 spiro atoms. The SMILES string of the molecule is CC1CN(CCc2ccc(OC(F)(F)F)cc2)CC(C)N1S(=O)(=O)c1cccc(CC(=O)O)c1. The summed E-state index contributed by atoms with van der Waals surface area (Å²) in [6.45, 7) is 5.26. The molecule has 0 radical (unpaired) electrons. The Hall–Kier alpha value is -2.63. The zero-order chi connectivity index (χ0) is 25.1. The molecule has 1 saturated heterocycles. The molecular formula is C23H27F3N2O5S. The van der Waals surface area contributed by atoms with Crippen LogP contribution in [0, 0.1) is 0 Å². The van der Waals surface area contributed by atoms with Gasteiger partial charge in [0.2, 0.25) is 10.0 Å². The highest BCUT2D eigenvalue weighted by molar-refractivity contribution is 7.89. The first kappa shape index (κ1) is 26.0. The highest BCUT2D eigenvalue weighted by Gasteiger charge is 2.38. The Kier molecular flexibility index (Phi) is 7.89. The van der Waals surface area contributed by atoms with E-state index in [1.165, 1.54) is 28.6 Å². The monoisotopic (exact) mass is 500 g/mol. The van der Waals surface area contributed by atoms with E-state index in [0.29, 0.717) is 31.6 Å². The smallest absolute Gasteiger partial charge is 0.481 e. The molecule has 1 fully saturated rings. The zero-order valence-corrected chi connectivity index (χ0v) is 19.6. The first-order valence-corrected chi connectivity index (χ1v) is 12.2. The van der Waals surface area contributed by atoms with Crippen LogP contribution in [0.2, 0.25) is 0 Å². The lowest BCUT2D eigenvalue weighted by molar-refractivity contribution is -0.274. The Morgan fingerprint density at radius 3 is 2.24 bits per heavy atom. The maximum Gasteiger partial charge on any atom is 0.573 e. The maximum absolute atomic E-state index is 13.3. The van der Waals surface area contributed by atoms with Gasteiger partial charge in [-0.1, -0.05) is 24.3 Å². The molecule has 1 aliphatic rings. The molecule has 34 heavy (non-hydrogen) atoms. The Bertz CT molecular complexity index is 1090. The van der Waals surface area contributed by atoms with Crippen LogP contribution in [0.25, 0.3) is 0 Å². The molecule has 1 heterocycles. The van der Waals surface area contributed by atoms with Gasteiger partial charge in [0.1, 0.15) is 5.75 Å². The van der Waals surface area contributed by atoms with Gasteiger partial charge in [-0.2, -0.15) is 4.31 Å². The van der Waals surface area contributed by atoms with Crippen LogP contribution in [-0.4, -0.2) is 66.8 Å². The summed E-state index contributed by atoms with van der Waals surface area (Å²) in [6.07, 6.45) is -4.40. The fourth-order valence-corrected chi connectivity index (χ4v) is 6.21. The fraction of sp³-hybridized carbons (Fsp3) is 0.435. The lowest BCUT2D eigenvalue weighted by atomic mass is 10.1. The quantitative estimate of drug-likeness (QED) is 0.597. The Morgan fingerprint density at radius 2 is 1.68 bits per heavy atom. The van der Waals surface area contributed by atoms with Crippen molar-refractivity contribution in [1.29, 1.82) is 0 Å². The molecule has 0 saturated carbocycles. The predicted octanol–water partition coefficient (Wildman–Crippen LogP) is 3.54. The molecule has 7 nitrogen and oxygen atoms in total. The van der Waals surface area contributed by atoms with Gasteiger partial charge in [-0.05, 0) is 55.7 Å². The Labute approximate surface area is 196 Å². The van der Waals surface area contributed by atoms with Gasteiger partial charge in [-0.25, -0.2) is 8.42 Å². The molecule has 0 aromatic heterocycles. The number of carboxylic acids is 1. The molecule has 2 aromatic rings. The van der Waals surface area contributed by atoms with Gasteiger partial charge in [-0.15, -0.1) is 13.2 Å². The van der Waals surface area contributed by atoms with Gasteiger partial charge in [0, 0.05) is 31.7 Å². The van der Waals surface area contributed by atoms with Crippen LogP contribution in [-0.2, 0) is 27.7 Å². The molecular weight excluding hydrogens is 473 g/mol. The van der Waals surface area contributed by atoms with Crippen molar-refractivity contribution in [1.82, 2.24) is 9.21 Å². The van der Waals surface area contributed by atoms with E-state index >= 15 is 0 Å². The van der Waals surface area contributed by atoms with E-state index in [2.05, 4.69) is 9.64 Å². The average molecular weight is 501 g/mol. The second-order valence-corrected chi connectivity index (χ2v) is 10.3. The molecule has 1 aliphatic heterocycles. The van der Waals surface area contributed by atoms with Crippen LogP contribution >= 0.6 is 0 Å². The van der Waals surface area contributed by atoms with Crippen molar-refractivity contribution >= 4 is 16.0 Å². The van der Waals surface area contributed by atoms with Crippen LogP contribution < -0.4 is 4.74 Å². The number of ether oxygens (including phenoxy) is 1. The number of hydrogen-bond acceptors (Lipinski definition) is 5. The van der Waals surface area contributed by atoms with Gasteiger partial charge in [-0.3, -0.25) is 9.69 Å². The molecule has 2 atom stereocenters. The van der Waals surface area contributed by atoms with E-state index in [4.69, 9.17) is 5.11 Å². The van der Waals surface area contributed by atoms with Gasteiger partial charge in [0.15, 0.2) is 0 Å². The lowest BCUT2D eigenvalue weighted by Gasteiger charge is -2.43. The molecule has 2 unspecified atom stereocenters. The number of carbonyl (C=O) groups is 1. The van der Waals surface area contributed by atoms with Crippen LogP contribution in [0.1, 0.15) is 25.0 Å². The Balaban J connectivity index is 1.63. The van der Waals surface area contributed by atoms with Crippen molar-refractivity contribution in [2.75, 3.05) is 19.6 Å². The van der Waals surface area contributed by atoms with Gasteiger partial charge in [0.25, 0.3) is 0 Å². The topological polar surface area (TPSA) is 87.2 Å².